The summed E-state index contributed by atoms with van der Waals surface area (Å²) in [4.78, 5) is 27.7. The van der Waals surface area contributed by atoms with E-state index < -0.39 is 10.9 Å². The Labute approximate surface area is 121 Å². The zero-order chi connectivity index (χ0) is 15.0. The summed E-state index contributed by atoms with van der Waals surface area (Å²) in [6, 6.07) is 1.44. The minimum absolute atomic E-state index is 0.0737. The van der Waals surface area contributed by atoms with Crippen molar-refractivity contribution in [2.45, 2.75) is 38.1 Å². The number of hydrogen-bond donors (Lipinski definition) is 1. The molecular formula is C14H17N3O4. The van der Waals surface area contributed by atoms with Gasteiger partial charge in [0.25, 0.3) is 5.69 Å². The maximum Gasteiger partial charge on any atom is 0.339 e. The minimum atomic E-state index is -1.17. The number of anilines is 1. The first-order valence-corrected chi connectivity index (χ1v) is 7.22. The van der Waals surface area contributed by atoms with E-state index in [-0.39, 0.29) is 11.3 Å². The molecule has 2 aliphatic rings. The highest BCUT2D eigenvalue weighted by atomic mass is 16.6. The number of carbonyl (C=O) groups is 1. The summed E-state index contributed by atoms with van der Waals surface area (Å²) in [6.07, 6.45) is 6.79. The number of nitro groups is 1. The van der Waals surface area contributed by atoms with Crippen LogP contribution in [0.2, 0.25) is 0 Å². The summed E-state index contributed by atoms with van der Waals surface area (Å²) in [6.45, 7) is 0.778. The van der Waals surface area contributed by atoms with Gasteiger partial charge in [0, 0.05) is 18.7 Å². The van der Waals surface area contributed by atoms with E-state index in [1.165, 1.54) is 12.8 Å². The predicted molar refractivity (Wildman–Crippen MR) is 75.6 cm³/mol. The summed E-state index contributed by atoms with van der Waals surface area (Å²) < 4.78 is 0. The van der Waals surface area contributed by atoms with E-state index in [0.717, 1.165) is 38.1 Å². The van der Waals surface area contributed by atoms with E-state index in [2.05, 4.69) is 4.98 Å². The molecule has 3 rings (SSSR count). The van der Waals surface area contributed by atoms with Crippen LogP contribution in [0.3, 0.4) is 0 Å². The Morgan fingerprint density at radius 1 is 1.38 bits per heavy atom. The largest absolute Gasteiger partial charge is 0.478 e. The van der Waals surface area contributed by atoms with Crippen LogP contribution in [0.4, 0.5) is 11.5 Å². The third-order valence-electron chi connectivity index (χ3n) is 4.58. The van der Waals surface area contributed by atoms with Crippen LogP contribution in [0.15, 0.2) is 12.3 Å². The van der Waals surface area contributed by atoms with Gasteiger partial charge in [-0.15, -0.1) is 0 Å². The van der Waals surface area contributed by atoms with Crippen LogP contribution in [-0.4, -0.2) is 33.6 Å². The van der Waals surface area contributed by atoms with Gasteiger partial charge < -0.3 is 10.0 Å². The lowest BCUT2D eigenvalue weighted by Gasteiger charge is -2.32. The molecule has 2 heterocycles. The molecule has 2 unspecified atom stereocenters. The average Bonchev–Trinajstić information content (AvgIpc) is 2.90. The quantitative estimate of drug-likeness (QED) is 0.678. The molecule has 1 aromatic heterocycles. The first kappa shape index (κ1) is 13.8. The summed E-state index contributed by atoms with van der Waals surface area (Å²) >= 11 is 0. The number of aromatic carboxylic acids is 1. The highest BCUT2D eigenvalue weighted by Gasteiger charge is 2.38. The van der Waals surface area contributed by atoms with Crippen molar-refractivity contribution < 1.29 is 14.8 Å². The van der Waals surface area contributed by atoms with Crippen LogP contribution in [0, 0.1) is 16.0 Å². The first-order chi connectivity index (χ1) is 10.1. The van der Waals surface area contributed by atoms with Gasteiger partial charge >= 0.3 is 5.97 Å². The molecule has 2 atom stereocenters. The maximum absolute atomic E-state index is 11.4. The van der Waals surface area contributed by atoms with Crippen LogP contribution in [0.25, 0.3) is 0 Å². The monoisotopic (exact) mass is 291 g/mol. The summed E-state index contributed by atoms with van der Waals surface area (Å²) in [5.74, 6) is -0.194. The van der Waals surface area contributed by atoms with Crippen LogP contribution in [0.5, 0.6) is 0 Å². The van der Waals surface area contributed by atoms with Crippen molar-refractivity contribution >= 4 is 17.5 Å². The van der Waals surface area contributed by atoms with Gasteiger partial charge in [-0.3, -0.25) is 10.1 Å². The number of carboxylic acids is 1. The van der Waals surface area contributed by atoms with Crippen LogP contribution in [-0.2, 0) is 0 Å². The topological polar surface area (TPSA) is 96.6 Å². The van der Waals surface area contributed by atoms with E-state index in [9.17, 15) is 20.0 Å². The Hall–Kier alpha value is -2.18. The molecule has 7 nitrogen and oxygen atoms in total. The lowest BCUT2D eigenvalue weighted by molar-refractivity contribution is -0.385. The average molecular weight is 291 g/mol. The molecule has 7 heteroatoms. The molecule has 0 radical (unpaired) electrons. The molecule has 1 saturated heterocycles. The van der Waals surface area contributed by atoms with Crippen LogP contribution < -0.4 is 4.90 Å². The van der Waals surface area contributed by atoms with Crippen molar-refractivity contribution in [3.63, 3.8) is 0 Å². The Kier molecular flexibility index (Phi) is 3.48. The van der Waals surface area contributed by atoms with Crippen molar-refractivity contribution in [3.05, 3.63) is 27.9 Å². The van der Waals surface area contributed by atoms with E-state index in [0.29, 0.717) is 17.8 Å². The molecule has 21 heavy (non-hydrogen) atoms. The standard InChI is InChI=1S/C14H17N3O4/c18-14(19)11-7-10(17(20)21)8-15-13(11)16-6-5-9-3-1-2-4-12(9)16/h7-9,12H,1-6H2,(H,18,19). The van der Waals surface area contributed by atoms with Crippen molar-refractivity contribution in [3.8, 4) is 0 Å². The van der Waals surface area contributed by atoms with Gasteiger partial charge in [-0.1, -0.05) is 12.8 Å². The molecular weight excluding hydrogens is 274 g/mol. The molecule has 2 fully saturated rings. The van der Waals surface area contributed by atoms with Gasteiger partial charge in [-0.25, -0.2) is 9.78 Å². The second-order valence-corrected chi connectivity index (χ2v) is 5.72. The van der Waals surface area contributed by atoms with Gasteiger partial charge in [0.15, 0.2) is 0 Å². The fourth-order valence-electron chi connectivity index (χ4n) is 3.60. The van der Waals surface area contributed by atoms with Crippen molar-refractivity contribution in [1.82, 2.24) is 4.98 Å². The smallest absolute Gasteiger partial charge is 0.339 e. The second kappa shape index (κ2) is 5.31. The Morgan fingerprint density at radius 2 is 2.14 bits per heavy atom. The van der Waals surface area contributed by atoms with Crippen molar-refractivity contribution in [2.75, 3.05) is 11.4 Å². The molecule has 1 aliphatic heterocycles. The number of pyridine rings is 1. The molecule has 0 spiro atoms. The summed E-state index contributed by atoms with van der Waals surface area (Å²) in [7, 11) is 0. The number of carboxylic acid groups (broad SMARTS) is 1. The minimum Gasteiger partial charge on any atom is -0.478 e. The molecule has 0 bridgehead atoms. The Balaban J connectivity index is 1.98. The van der Waals surface area contributed by atoms with Crippen LogP contribution in [0.1, 0.15) is 42.5 Å². The SMILES string of the molecule is O=C(O)c1cc([N+](=O)[O-])cnc1N1CCC2CCCCC21. The lowest BCUT2D eigenvalue weighted by atomic mass is 9.85. The third-order valence-corrected chi connectivity index (χ3v) is 4.58. The van der Waals surface area contributed by atoms with Gasteiger partial charge in [0.05, 0.1) is 4.92 Å². The van der Waals surface area contributed by atoms with Gasteiger partial charge in [0.1, 0.15) is 17.6 Å². The maximum atomic E-state index is 11.4. The van der Waals surface area contributed by atoms with Crippen molar-refractivity contribution in [2.24, 2.45) is 5.92 Å². The molecule has 112 valence electrons. The van der Waals surface area contributed by atoms with E-state index >= 15 is 0 Å². The molecule has 1 aromatic rings. The number of fused-ring (bicyclic) bond motifs is 1. The van der Waals surface area contributed by atoms with Gasteiger partial charge in [0.2, 0.25) is 0 Å². The number of aromatic nitrogens is 1. The summed E-state index contributed by atoms with van der Waals surface area (Å²) in [5, 5.41) is 20.1. The zero-order valence-corrected chi connectivity index (χ0v) is 11.6. The molecule has 0 aromatic carbocycles. The fraction of sp³-hybridized carbons (Fsp3) is 0.571. The molecule has 1 N–H and O–H groups in total. The van der Waals surface area contributed by atoms with Crippen molar-refractivity contribution in [1.29, 1.82) is 0 Å². The molecule has 0 amide bonds. The van der Waals surface area contributed by atoms with Gasteiger partial charge in [-0.05, 0) is 25.2 Å². The molecule has 1 saturated carbocycles. The van der Waals surface area contributed by atoms with E-state index in [1.807, 2.05) is 4.90 Å². The second-order valence-electron chi connectivity index (χ2n) is 5.72. The predicted octanol–water partition coefficient (Wildman–Crippen LogP) is 2.46. The Bertz CT molecular complexity index is 590. The van der Waals surface area contributed by atoms with Gasteiger partial charge in [-0.2, -0.15) is 0 Å². The number of nitrogens with zero attached hydrogens (tertiary/aromatic N) is 3. The normalized spacial score (nSPS) is 24.7. The third kappa shape index (κ3) is 2.43. The number of hydrogen-bond acceptors (Lipinski definition) is 5. The molecule has 1 aliphatic carbocycles. The lowest BCUT2D eigenvalue weighted by Crippen LogP contribution is -2.36. The first-order valence-electron chi connectivity index (χ1n) is 7.22. The fourth-order valence-corrected chi connectivity index (χ4v) is 3.60. The van der Waals surface area contributed by atoms with E-state index in [1.54, 1.807) is 0 Å². The van der Waals surface area contributed by atoms with E-state index in [4.69, 9.17) is 0 Å². The van der Waals surface area contributed by atoms with Crippen LogP contribution >= 0.6 is 0 Å². The number of rotatable bonds is 3. The highest BCUT2D eigenvalue weighted by molar-refractivity contribution is 5.94. The Morgan fingerprint density at radius 3 is 2.86 bits per heavy atom. The highest BCUT2D eigenvalue weighted by Crippen LogP contribution is 2.39. The zero-order valence-electron chi connectivity index (χ0n) is 11.6. The summed E-state index contributed by atoms with van der Waals surface area (Å²) in [5.41, 5.74) is -0.356.